The second-order valence-electron chi connectivity index (χ2n) is 5.31. The van der Waals surface area contributed by atoms with Gasteiger partial charge >= 0.3 is 0 Å². The molecule has 1 aromatic rings. The zero-order valence-corrected chi connectivity index (χ0v) is 12.4. The second-order valence-corrected chi connectivity index (χ2v) is 5.31. The first-order chi connectivity index (χ1) is 8.52. The fourth-order valence-electron chi connectivity index (χ4n) is 2.15. The van der Waals surface area contributed by atoms with Crippen molar-refractivity contribution in [2.45, 2.75) is 65.6 Å². The predicted molar refractivity (Wildman–Crippen MR) is 78.1 cm³/mol. The van der Waals surface area contributed by atoms with E-state index in [1.165, 1.54) is 18.4 Å². The summed E-state index contributed by atoms with van der Waals surface area (Å²) in [5.41, 5.74) is 1.31. The Balaban J connectivity index is 2.55. The predicted octanol–water partition coefficient (Wildman–Crippen LogP) is 4.31. The highest BCUT2D eigenvalue weighted by Gasteiger charge is 2.09. The van der Waals surface area contributed by atoms with Crippen molar-refractivity contribution in [3.05, 3.63) is 29.8 Å². The summed E-state index contributed by atoms with van der Waals surface area (Å²) < 4.78 is 5.65. The molecule has 0 aliphatic heterocycles. The lowest BCUT2D eigenvalue weighted by Gasteiger charge is -2.20. The summed E-state index contributed by atoms with van der Waals surface area (Å²) in [6, 6.07) is 9.36. The quantitative estimate of drug-likeness (QED) is 0.777. The van der Waals surface area contributed by atoms with Crippen molar-refractivity contribution in [3.63, 3.8) is 0 Å². The minimum Gasteiger partial charge on any atom is -0.491 e. The molecule has 1 rings (SSSR count). The van der Waals surface area contributed by atoms with E-state index in [0.717, 1.165) is 5.75 Å². The zero-order valence-electron chi connectivity index (χ0n) is 12.4. The summed E-state index contributed by atoms with van der Waals surface area (Å²) in [7, 11) is 0. The molecule has 0 saturated carbocycles. The molecular formula is C16H27NO. The fourth-order valence-corrected chi connectivity index (χ4v) is 2.15. The van der Waals surface area contributed by atoms with Gasteiger partial charge in [-0.1, -0.05) is 25.5 Å². The Morgan fingerprint density at radius 1 is 1.06 bits per heavy atom. The van der Waals surface area contributed by atoms with E-state index in [-0.39, 0.29) is 6.10 Å². The molecule has 0 radical (unpaired) electrons. The maximum absolute atomic E-state index is 5.65. The number of nitrogens with one attached hydrogen (secondary N) is 1. The van der Waals surface area contributed by atoms with E-state index in [1.54, 1.807) is 0 Å². The first-order valence-electron chi connectivity index (χ1n) is 7.05. The maximum atomic E-state index is 5.65. The summed E-state index contributed by atoms with van der Waals surface area (Å²) in [6.45, 7) is 10.8. The van der Waals surface area contributed by atoms with Crippen molar-refractivity contribution in [1.29, 1.82) is 0 Å². The Morgan fingerprint density at radius 2 is 1.67 bits per heavy atom. The van der Waals surface area contributed by atoms with Crippen LogP contribution in [0.4, 0.5) is 0 Å². The fraction of sp³-hybridized carbons (Fsp3) is 0.625. The summed E-state index contributed by atoms with van der Waals surface area (Å²) in [4.78, 5) is 0. The van der Waals surface area contributed by atoms with E-state index in [2.05, 4.69) is 50.4 Å². The first-order valence-corrected chi connectivity index (χ1v) is 7.05. The van der Waals surface area contributed by atoms with E-state index < -0.39 is 0 Å². The molecule has 18 heavy (non-hydrogen) atoms. The third-order valence-corrected chi connectivity index (χ3v) is 3.01. The molecule has 0 spiro atoms. The summed E-state index contributed by atoms with van der Waals surface area (Å²) >= 11 is 0. The van der Waals surface area contributed by atoms with E-state index >= 15 is 0 Å². The molecular weight excluding hydrogens is 222 g/mol. The number of benzene rings is 1. The molecule has 102 valence electrons. The van der Waals surface area contributed by atoms with Gasteiger partial charge in [-0.15, -0.1) is 0 Å². The molecule has 0 aliphatic rings. The van der Waals surface area contributed by atoms with Crippen LogP contribution in [0.1, 0.15) is 59.1 Å². The van der Waals surface area contributed by atoms with Gasteiger partial charge in [0.25, 0.3) is 0 Å². The van der Waals surface area contributed by atoms with Crippen LogP contribution in [0.25, 0.3) is 0 Å². The standard InChI is InChI=1S/C16H27NO/c1-6-7-13(4)17-14(5)15-8-10-16(11-9-15)18-12(2)3/h8-14,17H,6-7H2,1-5H3. The topological polar surface area (TPSA) is 21.3 Å². The third kappa shape index (κ3) is 5.09. The molecule has 0 aromatic heterocycles. The molecule has 0 heterocycles. The van der Waals surface area contributed by atoms with Crippen molar-refractivity contribution >= 4 is 0 Å². The lowest BCUT2D eigenvalue weighted by molar-refractivity contribution is 0.242. The molecule has 1 N–H and O–H groups in total. The Bertz CT molecular complexity index is 331. The Hall–Kier alpha value is -1.02. The van der Waals surface area contributed by atoms with Gasteiger partial charge in [0.2, 0.25) is 0 Å². The van der Waals surface area contributed by atoms with Gasteiger partial charge < -0.3 is 10.1 Å². The lowest BCUT2D eigenvalue weighted by Crippen LogP contribution is -2.28. The molecule has 0 saturated heterocycles. The maximum Gasteiger partial charge on any atom is 0.119 e. The minimum atomic E-state index is 0.232. The van der Waals surface area contributed by atoms with Crippen LogP contribution in [0.15, 0.2) is 24.3 Å². The van der Waals surface area contributed by atoms with Gasteiger partial charge in [-0.3, -0.25) is 0 Å². The van der Waals surface area contributed by atoms with E-state index in [9.17, 15) is 0 Å². The van der Waals surface area contributed by atoms with Gasteiger partial charge in [-0.05, 0) is 51.8 Å². The first kappa shape index (κ1) is 15.0. The van der Waals surface area contributed by atoms with Gasteiger partial charge in [0, 0.05) is 12.1 Å². The largest absolute Gasteiger partial charge is 0.491 e. The van der Waals surface area contributed by atoms with Gasteiger partial charge in [-0.25, -0.2) is 0 Å². The molecule has 1 aromatic carbocycles. The van der Waals surface area contributed by atoms with Crippen LogP contribution in [0.3, 0.4) is 0 Å². The van der Waals surface area contributed by atoms with Crippen LogP contribution < -0.4 is 10.1 Å². The van der Waals surface area contributed by atoms with Crippen molar-refractivity contribution in [2.24, 2.45) is 0 Å². The summed E-state index contributed by atoms with van der Waals surface area (Å²) in [5, 5.41) is 3.62. The average Bonchev–Trinajstić information content (AvgIpc) is 2.29. The minimum absolute atomic E-state index is 0.232. The van der Waals surface area contributed by atoms with Crippen LogP contribution in [0, 0.1) is 0 Å². The Kier molecular flexibility index (Phi) is 6.20. The molecule has 2 atom stereocenters. The van der Waals surface area contributed by atoms with E-state index in [4.69, 9.17) is 4.74 Å². The zero-order chi connectivity index (χ0) is 13.5. The van der Waals surface area contributed by atoms with Gasteiger partial charge in [-0.2, -0.15) is 0 Å². The Morgan fingerprint density at radius 3 is 2.17 bits per heavy atom. The van der Waals surface area contributed by atoms with Crippen LogP contribution in [-0.2, 0) is 0 Å². The highest BCUT2D eigenvalue weighted by molar-refractivity contribution is 5.29. The highest BCUT2D eigenvalue weighted by atomic mass is 16.5. The molecule has 0 bridgehead atoms. The number of rotatable bonds is 7. The van der Waals surface area contributed by atoms with Crippen molar-refractivity contribution < 1.29 is 4.74 Å². The summed E-state index contributed by atoms with van der Waals surface area (Å²) in [5.74, 6) is 0.947. The van der Waals surface area contributed by atoms with Gasteiger partial charge in [0.05, 0.1) is 6.10 Å². The van der Waals surface area contributed by atoms with Gasteiger partial charge in [0.1, 0.15) is 5.75 Å². The number of hydrogen-bond donors (Lipinski definition) is 1. The highest BCUT2D eigenvalue weighted by Crippen LogP contribution is 2.19. The van der Waals surface area contributed by atoms with Crippen LogP contribution in [0.2, 0.25) is 0 Å². The Labute approximate surface area is 112 Å². The van der Waals surface area contributed by atoms with Crippen molar-refractivity contribution in [2.75, 3.05) is 0 Å². The van der Waals surface area contributed by atoms with E-state index in [0.29, 0.717) is 12.1 Å². The second kappa shape index (κ2) is 7.42. The smallest absolute Gasteiger partial charge is 0.119 e. The van der Waals surface area contributed by atoms with E-state index in [1.807, 2.05) is 13.8 Å². The van der Waals surface area contributed by atoms with Crippen LogP contribution >= 0.6 is 0 Å². The van der Waals surface area contributed by atoms with Gasteiger partial charge in [0.15, 0.2) is 0 Å². The van der Waals surface area contributed by atoms with Crippen LogP contribution in [0.5, 0.6) is 5.75 Å². The number of ether oxygens (including phenoxy) is 1. The van der Waals surface area contributed by atoms with Crippen LogP contribution in [-0.4, -0.2) is 12.1 Å². The molecule has 2 unspecified atom stereocenters. The molecule has 2 nitrogen and oxygen atoms in total. The molecule has 0 fully saturated rings. The third-order valence-electron chi connectivity index (χ3n) is 3.01. The lowest BCUT2D eigenvalue weighted by atomic mass is 10.1. The SMILES string of the molecule is CCCC(C)NC(C)c1ccc(OC(C)C)cc1. The molecule has 0 aliphatic carbocycles. The number of hydrogen-bond acceptors (Lipinski definition) is 2. The monoisotopic (exact) mass is 249 g/mol. The average molecular weight is 249 g/mol. The summed E-state index contributed by atoms with van der Waals surface area (Å²) in [6.07, 6.45) is 2.68. The van der Waals surface area contributed by atoms with Crippen molar-refractivity contribution in [1.82, 2.24) is 5.32 Å². The molecule has 0 amide bonds. The van der Waals surface area contributed by atoms with Crippen molar-refractivity contribution in [3.8, 4) is 5.75 Å². The molecule has 2 heteroatoms. The normalized spacial score (nSPS) is 14.6.